The zero-order valence-electron chi connectivity index (χ0n) is 8.31. The lowest BCUT2D eigenvalue weighted by molar-refractivity contribution is -0.176. The topological polar surface area (TPSA) is 35.2 Å². The zero-order chi connectivity index (χ0) is 11.6. The Balaban J connectivity index is 4.35. The highest BCUT2D eigenvalue weighted by molar-refractivity contribution is 7.80. The highest BCUT2D eigenvalue weighted by Gasteiger charge is 2.42. The Kier molecular flexibility index (Phi) is 4.33. The largest absolute Gasteiger partial charge is 0.400 e. The number of alkyl halides is 3. The van der Waals surface area contributed by atoms with E-state index in [1.165, 1.54) is 0 Å². The molecule has 0 aromatic carbocycles. The van der Waals surface area contributed by atoms with Crippen molar-refractivity contribution >= 4 is 17.2 Å². The molecule has 0 rings (SSSR count). The smallest absolute Gasteiger partial charge is 0.393 e. The van der Waals surface area contributed by atoms with E-state index in [0.717, 1.165) is 0 Å². The van der Waals surface area contributed by atoms with Crippen LogP contribution in [0.2, 0.25) is 0 Å². The van der Waals surface area contributed by atoms with Gasteiger partial charge in [0.25, 0.3) is 0 Å². The van der Waals surface area contributed by atoms with Gasteiger partial charge in [-0.15, -0.1) is 0 Å². The second kappa shape index (κ2) is 4.44. The van der Waals surface area contributed by atoms with Crippen molar-refractivity contribution in [3.63, 3.8) is 0 Å². The molecule has 0 amide bonds. The SMILES string of the molecule is CC(C)(C)OCC(C(N)=S)C(F)(F)F. The van der Waals surface area contributed by atoms with Gasteiger partial charge in [0, 0.05) is 0 Å². The van der Waals surface area contributed by atoms with Crippen molar-refractivity contribution in [3.8, 4) is 0 Å². The minimum absolute atomic E-state index is 0.525. The first-order valence-electron chi connectivity index (χ1n) is 4.04. The maximum absolute atomic E-state index is 12.3. The van der Waals surface area contributed by atoms with E-state index in [9.17, 15) is 13.2 Å². The molecule has 0 saturated carbocycles. The van der Waals surface area contributed by atoms with Crippen LogP contribution in [0.1, 0.15) is 20.8 Å². The Morgan fingerprint density at radius 2 is 1.79 bits per heavy atom. The van der Waals surface area contributed by atoms with Gasteiger partial charge in [-0.3, -0.25) is 0 Å². The lowest BCUT2D eigenvalue weighted by atomic mass is 10.1. The van der Waals surface area contributed by atoms with Crippen molar-refractivity contribution in [1.29, 1.82) is 0 Å². The second-order valence-electron chi connectivity index (χ2n) is 3.92. The van der Waals surface area contributed by atoms with Crippen LogP contribution in [0, 0.1) is 5.92 Å². The highest BCUT2D eigenvalue weighted by atomic mass is 32.1. The van der Waals surface area contributed by atoms with Crippen LogP contribution in [-0.4, -0.2) is 23.4 Å². The lowest BCUT2D eigenvalue weighted by Gasteiger charge is -2.25. The molecule has 0 heterocycles. The van der Waals surface area contributed by atoms with Crippen molar-refractivity contribution in [2.75, 3.05) is 6.61 Å². The van der Waals surface area contributed by atoms with E-state index in [0.29, 0.717) is 0 Å². The summed E-state index contributed by atoms with van der Waals surface area (Å²) in [6.07, 6.45) is -4.43. The van der Waals surface area contributed by atoms with Gasteiger partial charge >= 0.3 is 6.18 Å². The molecule has 0 radical (unpaired) electrons. The molecule has 0 aliphatic carbocycles. The predicted octanol–water partition coefficient (Wildman–Crippen LogP) is 2.27. The fourth-order valence-corrected chi connectivity index (χ4v) is 0.873. The molecule has 0 aliphatic heterocycles. The molecular formula is C8H14F3NOS. The summed E-state index contributed by atoms with van der Waals surface area (Å²) in [5.41, 5.74) is 4.35. The average Bonchev–Trinajstić information content (AvgIpc) is 1.79. The number of halogens is 3. The van der Waals surface area contributed by atoms with Crippen LogP contribution in [-0.2, 0) is 4.74 Å². The van der Waals surface area contributed by atoms with Crippen molar-refractivity contribution < 1.29 is 17.9 Å². The third-order valence-electron chi connectivity index (χ3n) is 1.42. The molecule has 2 N–H and O–H groups in total. The fourth-order valence-electron chi connectivity index (χ4n) is 0.671. The summed E-state index contributed by atoms with van der Waals surface area (Å²) in [6, 6.07) is 0. The first kappa shape index (κ1) is 13.6. The Hall–Kier alpha value is -0.360. The minimum atomic E-state index is -4.43. The number of nitrogens with two attached hydrogens (primary N) is 1. The van der Waals surface area contributed by atoms with E-state index in [1.54, 1.807) is 20.8 Å². The molecule has 0 fully saturated rings. The van der Waals surface area contributed by atoms with Gasteiger partial charge in [-0.25, -0.2) is 0 Å². The molecule has 2 nitrogen and oxygen atoms in total. The second-order valence-corrected chi connectivity index (χ2v) is 4.39. The first-order valence-corrected chi connectivity index (χ1v) is 4.45. The fraction of sp³-hybridized carbons (Fsp3) is 0.875. The average molecular weight is 229 g/mol. The van der Waals surface area contributed by atoms with Crippen LogP contribution < -0.4 is 5.73 Å². The highest BCUT2D eigenvalue weighted by Crippen LogP contribution is 2.27. The summed E-state index contributed by atoms with van der Waals surface area (Å²) in [7, 11) is 0. The molecule has 0 bridgehead atoms. The summed E-state index contributed by atoms with van der Waals surface area (Å²) >= 11 is 4.33. The third kappa shape index (κ3) is 5.39. The van der Waals surface area contributed by atoms with Crippen molar-refractivity contribution in [2.45, 2.75) is 32.5 Å². The number of hydrogen-bond donors (Lipinski definition) is 1. The monoisotopic (exact) mass is 229 g/mol. The van der Waals surface area contributed by atoms with Gasteiger partial charge < -0.3 is 10.5 Å². The van der Waals surface area contributed by atoms with Gasteiger partial charge in [0.1, 0.15) is 5.92 Å². The van der Waals surface area contributed by atoms with Gasteiger partial charge in [0.2, 0.25) is 0 Å². The molecule has 1 unspecified atom stereocenters. The van der Waals surface area contributed by atoms with Crippen molar-refractivity contribution in [1.82, 2.24) is 0 Å². The number of thiocarbonyl (C=S) groups is 1. The quantitative estimate of drug-likeness (QED) is 0.754. The molecule has 84 valence electrons. The van der Waals surface area contributed by atoms with Gasteiger partial charge in [-0.05, 0) is 20.8 Å². The molecule has 0 spiro atoms. The molecule has 0 aliphatic rings. The Labute approximate surface area is 86.6 Å². The van der Waals surface area contributed by atoms with E-state index >= 15 is 0 Å². The van der Waals surface area contributed by atoms with E-state index in [-0.39, 0.29) is 0 Å². The Morgan fingerprint density at radius 3 is 2.00 bits per heavy atom. The summed E-state index contributed by atoms with van der Waals surface area (Å²) < 4.78 is 41.9. The van der Waals surface area contributed by atoms with E-state index in [4.69, 9.17) is 10.5 Å². The van der Waals surface area contributed by atoms with Crippen LogP contribution >= 0.6 is 12.2 Å². The Bertz CT molecular complexity index is 210. The van der Waals surface area contributed by atoms with Crippen molar-refractivity contribution in [3.05, 3.63) is 0 Å². The van der Waals surface area contributed by atoms with E-state index in [1.807, 2.05) is 0 Å². The number of ether oxygens (including phenoxy) is 1. The first-order chi connectivity index (χ1) is 6.04. The van der Waals surface area contributed by atoms with Crippen LogP contribution in [0.4, 0.5) is 13.2 Å². The standard InChI is InChI=1S/C8H14F3NOS/c1-7(2,3)13-4-5(6(12)14)8(9,10)11/h5H,4H2,1-3H3,(H2,12,14). The molecule has 0 aromatic heterocycles. The summed E-state index contributed by atoms with van der Waals surface area (Å²) in [4.78, 5) is -0.582. The minimum Gasteiger partial charge on any atom is -0.393 e. The van der Waals surface area contributed by atoms with Crippen LogP contribution in [0.15, 0.2) is 0 Å². The van der Waals surface area contributed by atoms with Gasteiger partial charge in [0.15, 0.2) is 0 Å². The summed E-state index contributed by atoms with van der Waals surface area (Å²) in [5, 5.41) is 0. The zero-order valence-corrected chi connectivity index (χ0v) is 9.13. The van der Waals surface area contributed by atoms with Crippen LogP contribution in [0.5, 0.6) is 0 Å². The maximum atomic E-state index is 12.3. The molecule has 1 atom stereocenters. The van der Waals surface area contributed by atoms with E-state index < -0.39 is 29.3 Å². The normalized spacial score (nSPS) is 15.3. The summed E-state index contributed by atoms with van der Waals surface area (Å²) in [5.74, 6) is -1.86. The molecule has 0 aromatic rings. The maximum Gasteiger partial charge on any atom is 0.400 e. The number of rotatable bonds is 3. The Morgan fingerprint density at radius 1 is 1.36 bits per heavy atom. The summed E-state index contributed by atoms with van der Waals surface area (Å²) in [6.45, 7) is 4.47. The van der Waals surface area contributed by atoms with Gasteiger partial charge in [0.05, 0.1) is 17.2 Å². The molecular weight excluding hydrogens is 215 g/mol. The third-order valence-corrected chi connectivity index (χ3v) is 1.71. The van der Waals surface area contributed by atoms with Crippen LogP contribution in [0.3, 0.4) is 0 Å². The predicted molar refractivity (Wildman–Crippen MR) is 52.0 cm³/mol. The molecule has 6 heteroatoms. The lowest BCUT2D eigenvalue weighted by Crippen LogP contribution is -2.39. The van der Waals surface area contributed by atoms with Crippen molar-refractivity contribution in [2.24, 2.45) is 11.7 Å². The number of hydrogen-bond acceptors (Lipinski definition) is 2. The molecule has 14 heavy (non-hydrogen) atoms. The van der Waals surface area contributed by atoms with Gasteiger partial charge in [-0.2, -0.15) is 13.2 Å². The van der Waals surface area contributed by atoms with E-state index in [2.05, 4.69) is 12.2 Å². The van der Waals surface area contributed by atoms with Crippen LogP contribution in [0.25, 0.3) is 0 Å². The molecule has 0 saturated heterocycles. The van der Waals surface area contributed by atoms with Gasteiger partial charge in [-0.1, -0.05) is 12.2 Å².